The Morgan fingerprint density at radius 1 is 0.800 bits per heavy atom. The topological polar surface area (TPSA) is 65.5 Å². The fourth-order valence-corrected chi connectivity index (χ4v) is 3.20. The maximum Gasteiger partial charge on any atom is 0.203 e. The molecule has 1 heterocycles. The largest absolute Gasteiger partial charge is 0.493 e. The Bertz CT molecular complexity index is 1190. The standard InChI is InChI=1S/C23H20FN3O3/c1-28-19-12-14(13-20(29-2)21(19)30-3)22-25-17-10-6-4-8-15(17)23(27-22)26-18-11-7-5-9-16(18)24/h4-13H,1-3H3,(H,25,26,27). The third-order valence-electron chi connectivity index (χ3n) is 4.65. The molecule has 0 aliphatic carbocycles. The van der Waals surface area contributed by atoms with Crippen molar-refractivity contribution in [2.24, 2.45) is 0 Å². The van der Waals surface area contributed by atoms with E-state index >= 15 is 0 Å². The highest BCUT2D eigenvalue weighted by Crippen LogP contribution is 2.41. The van der Waals surface area contributed by atoms with Gasteiger partial charge >= 0.3 is 0 Å². The first-order valence-corrected chi connectivity index (χ1v) is 9.23. The van der Waals surface area contributed by atoms with Crippen LogP contribution in [0.15, 0.2) is 60.7 Å². The van der Waals surface area contributed by atoms with Crippen LogP contribution in [0.1, 0.15) is 0 Å². The van der Waals surface area contributed by atoms with Gasteiger partial charge in [-0.3, -0.25) is 0 Å². The zero-order chi connectivity index (χ0) is 21.1. The van der Waals surface area contributed by atoms with Crippen LogP contribution in [0.5, 0.6) is 17.2 Å². The highest BCUT2D eigenvalue weighted by Gasteiger charge is 2.17. The van der Waals surface area contributed by atoms with E-state index in [9.17, 15) is 4.39 Å². The van der Waals surface area contributed by atoms with Crippen LogP contribution < -0.4 is 19.5 Å². The first kappa shape index (κ1) is 19.4. The molecule has 1 N–H and O–H groups in total. The lowest BCUT2D eigenvalue weighted by molar-refractivity contribution is 0.324. The lowest BCUT2D eigenvalue weighted by Gasteiger charge is -2.15. The Morgan fingerprint density at radius 3 is 2.13 bits per heavy atom. The van der Waals surface area contributed by atoms with Crippen LogP contribution in [0.4, 0.5) is 15.9 Å². The van der Waals surface area contributed by atoms with Gasteiger partial charge in [0.15, 0.2) is 17.3 Å². The average Bonchev–Trinajstić information content (AvgIpc) is 2.79. The summed E-state index contributed by atoms with van der Waals surface area (Å²) >= 11 is 0. The van der Waals surface area contributed by atoms with Crippen molar-refractivity contribution in [3.05, 3.63) is 66.5 Å². The molecule has 1 aromatic heterocycles. The second-order valence-corrected chi connectivity index (χ2v) is 6.43. The predicted molar refractivity (Wildman–Crippen MR) is 114 cm³/mol. The van der Waals surface area contributed by atoms with Crippen molar-refractivity contribution >= 4 is 22.4 Å². The molecule has 0 unspecified atom stereocenters. The molecule has 30 heavy (non-hydrogen) atoms. The SMILES string of the molecule is COc1cc(-c2nc(Nc3ccccc3F)c3ccccc3n2)cc(OC)c1OC. The monoisotopic (exact) mass is 405 g/mol. The molecular formula is C23H20FN3O3. The van der Waals surface area contributed by atoms with Crippen LogP contribution in [-0.2, 0) is 0 Å². The first-order valence-electron chi connectivity index (χ1n) is 9.23. The van der Waals surface area contributed by atoms with Gasteiger partial charge in [-0.25, -0.2) is 14.4 Å². The maximum absolute atomic E-state index is 14.2. The number of rotatable bonds is 6. The van der Waals surface area contributed by atoms with E-state index in [2.05, 4.69) is 15.3 Å². The summed E-state index contributed by atoms with van der Waals surface area (Å²) < 4.78 is 30.5. The molecule has 0 atom stereocenters. The van der Waals surface area contributed by atoms with Gasteiger partial charge in [-0.1, -0.05) is 24.3 Å². The highest BCUT2D eigenvalue weighted by atomic mass is 19.1. The summed E-state index contributed by atoms with van der Waals surface area (Å²) in [6.45, 7) is 0. The van der Waals surface area contributed by atoms with Crippen molar-refractivity contribution < 1.29 is 18.6 Å². The van der Waals surface area contributed by atoms with Crippen LogP contribution in [-0.4, -0.2) is 31.3 Å². The highest BCUT2D eigenvalue weighted by molar-refractivity contribution is 5.92. The van der Waals surface area contributed by atoms with Crippen molar-refractivity contribution in [1.82, 2.24) is 9.97 Å². The third kappa shape index (κ3) is 3.57. The van der Waals surface area contributed by atoms with Gasteiger partial charge in [0.2, 0.25) is 5.75 Å². The number of hydrogen-bond acceptors (Lipinski definition) is 6. The summed E-state index contributed by atoms with van der Waals surface area (Å²) in [7, 11) is 4.64. The van der Waals surface area contributed by atoms with Crippen LogP contribution in [0.3, 0.4) is 0 Å². The Hall–Kier alpha value is -3.87. The number of para-hydroxylation sites is 2. The van der Waals surface area contributed by atoms with Crippen molar-refractivity contribution in [2.75, 3.05) is 26.6 Å². The van der Waals surface area contributed by atoms with Gasteiger partial charge in [-0.2, -0.15) is 0 Å². The molecule has 0 bridgehead atoms. The van der Waals surface area contributed by atoms with Gasteiger partial charge in [0.05, 0.1) is 32.5 Å². The normalized spacial score (nSPS) is 10.7. The Morgan fingerprint density at radius 2 is 1.47 bits per heavy atom. The summed E-state index contributed by atoms with van der Waals surface area (Å²) in [4.78, 5) is 9.35. The van der Waals surface area contributed by atoms with Gasteiger partial charge in [0.1, 0.15) is 11.6 Å². The van der Waals surface area contributed by atoms with E-state index in [-0.39, 0.29) is 5.82 Å². The molecule has 0 fully saturated rings. The van der Waals surface area contributed by atoms with E-state index in [0.717, 1.165) is 10.9 Å². The molecule has 3 aromatic carbocycles. The lowest BCUT2D eigenvalue weighted by Crippen LogP contribution is -2.01. The fourth-order valence-electron chi connectivity index (χ4n) is 3.20. The van der Waals surface area contributed by atoms with E-state index in [1.54, 1.807) is 51.7 Å². The number of benzene rings is 3. The molecule has 0 saturated heterocycles. The van der Waals surface area contributed by atoms with Gasteiger partial charge in [0.25, 0.3) is 0 Å². The van der Waals surface area contributed by atoms with E-state index in [0.29, 0.717) is 40.1 Å². The molecule has 0 amide bonds. The molecule has 4 rings (SSSR count). The van der Waals surface area contributed by atoms with Gasteiger partial charge < -0.3 is 19.5 Å². The minimum absolute atomic E-state index is 0.331. The molecule has 6 nitrogen and oxygen atoms in total. The van der Waals surface area contributed by atoms with E-state index in [1.807, 2.05) is 24.3 Å². The molecule has 0 aliphatic rings. The number of aromatic nitrogens is 2. The van der Waals surface area contributed by atoms with E-state index in [4.69, 9.17) is 14.2 Å². The number of methoxy groups -OCH3 is 3. The van der Waals surface area contributed by atoms with Gasteiger partial charge in [0, 0.05) is 10.9 Å². The molecule has 0 radical (unpaired) electrons. The Kier molecular flexibility index (Phi) is 5.34. The minimum Gasteiger partial charge on any atom is -0.493 e. The van der Waals surface area contributed by atoms with E-state index in [1.165, 1.54) is 6.07 Å². The van der Waals surface area contributed by atoms with Crippen LogP contribution >= 0.6 is 0 Å². The quantitative estimate of drug-likeness (QED) is 0.475. The molecule has 0 spiro atoms. The number of ether oxygens (including phenoxy) is 3. The Labute approximate surface area is 173 Å². The molecule has 7 heteroatoms. The minimum atomic E-state index is -0.366. The maximum atomic E-state index is 14.2. The number of nitrogens with one attached hydrogen (secondary N) is 1. The summed E-state index contributed by atoms with van der Waals surface area (Å²) in [6.07, 6.45) is 0. The predicted octanol–water partition coefficient (Wildman–Crippen LogP) is 5.21. The zero-order valence-electron chi connectivity index (χ0n) is 16.8. The first-order chi connectivity index (χ1) is 14.6. The van der Waals surface area contributed by atoms with Gasteiger partial charge in [-0.05, 0) is 36.4 Å². The fraction of sp³-hybridized carbons (Fsp3) is 0.130. The zero-order valence-corrected chi connectivity index (χ0v) is 16.8. The van der Waals surface area contributed by atoms with Crippen LogP contribution in [0, 0.1) is 5.82 Å². The van der Waals surface area contributed by atoms with Crippen molar-refractivity contribution in [3.8, 4) is 28.6 Å². The molecule has 152 valence electrons. The molecule has 4 aromatic rings. The van der Waals surface area contributed by atoms with Crippen LogP contribution in [0.2, 0.25) is 0 Å². The van der Waals surface area contributed by atoms with Crippen molar-refractivity contribution in [2.45, 2.75) is 0 Å². The summed E-state index contributed by atoms with van der Waals surface area (Å²) in [5, 5.41) is 3.87. The summed E-state index contributed by atoms with van der Waals surface area (Å²) in [6, 6.07) is 17.5. The smallest absolute Gasteiger partial charge is 0.203 e. The van der Waals surface area contributed by atoms with E-state index < -0.39 is 0 Å². The van der Waals surface area contributed by atoms with Crippen LogP contribution in [0.25, 0.3) is 22.3 Å². The number of halogens is 1. The molecule has 0 saturated carbocycles. The summed E-state index contributed by atoms with van der Waals surface area (Å²) in [5.74, 6) is 2.03. The van der Waals surface area contributed by atoms with Crippen molar-refractivity contribution in [3.63, 3.8) is 0 Å². The number of anilines is 2. The second-order valence-electron chi connectivity index (χ2n) is 6.43. The lowest BCUT2D eigenvalue weighted by atomic mass is 10.1. The summed E-state index contributed by atoms with van der Waals surface area (Å²) in [5.41, 5.74) is 1.72. The third-order valence-corrected chi connectivity index (χ3v) is 4.65. The number of nitrogens with zero attached hydrogens (tertiary/aromatic N) is 2. The number of fused-ring (bicyclic) bond motifs is 1. The Balaban J connectivity index is 1.90. The van der Waals surface area contributed by atoms with Crippen molar-refractivity contribution in [1.29, 1.82) is 0 Å². The second kappa shape index (κ2) is 8.24. The average molecular weight is 405 g/mol. The van der Waals surface area contributed by atoms with Gasteiger partial charge in [-0.15, -0.1) is 0 Å². The molecular weight excluding hydrogens is 385 g/mol. The molecule has 0 aliphatic heterocycles. The number of hydrogen-bond donors (Lipinski definition) is 1.